The van der Waals surface area contributed by atoms with Crippen LogP contribution in [0.5, 0.6) is 0 Å². The lowest BCUT2D eigenvalue weighted by Crippen LogP contribution is -2.34. The third-order valence-corrected chi connectivity index (χ3v) is 4.87. The molecule has 1 unspecified atom stereocenters. The van der Waals surface area contributed by atoms with Crippen molar-refractivity contribution in [3.63, 3.8) is 0 Å². The van der Waals surface area contributed by atoms with Crippen molar-refractivity contribution < 1.29 is 9.76 Å². The molecule has 1 spiro atoms. The van der Waals surface area contributed by atoms with Gasteiger partial charge in [-0.15, -0.1) is 0 Å². The summed E-state index contributed by atoms with van der Waals surface area (Å²) in [5.41, 5.74) is 2.50. The molecule has 2 aromatic heterocycles. The highest BCUT2D eigenvalue weighted by Gasteiger charge is 2.46. The monoisotopic (exact) mass is 377 g/mol. The Bertz CT molecular complexity index is 1040. The average molecular weight is 377 g/mol. The molecule has 4 rings (SSSR count). The first kappa shape index (κ1) is 17.9. The number of anilines is 1. The van der Waals surface area contributed by atoms with Gasteiger partial charge < -0.3 is 9.74 Å². The number of oxime groups is 1. The quantitative estimate of drug-likeness (QED) is 0.454. The third-order valence-electron chi connectivity index (χ3n) is 4.87. The Labute approximate surface area is 162 Å². The second kappa shape index (κ2) is 6.93. The Morgan fingerprint density at radius 3 is 2.79 bits per heavy atom. The fraction of sp³-hybridized carbons (Fsp3) is 0.350. The largest absolute Gasteiger partial charge is 0.386 e. The lowest BCUT2D eigenvalue weighted by Gasteiger charge is -2.22. The molecule has 1 saturated heterocycles. The number of hydrogen-bond acceptors (Lipinski definition) is 7. The molecule has 8 heteroatoms. The molecule has 0 aliphatic carbocycles. The van der Waals surface area contributed by atoms with Gasteiger partial charge in [0.25, 0.3) is 0 Å². The fourth-order valence-corrected chi connectivity index (χ4v) is 3.49. The van der Waals surface area contributed by atoms with Gasteiger partial charge >= 0.3 is 5.69 Å². The van der Waals surface area contributed by atoms with E-state index in [2.05, 4.69) is 27.0 Å². The molecule has 1 fully saturated rings. The van der Waals surface area contributed by atoms with Gasteiger partial charge in [0.15, 0.2) is 5.60 Å². The van der Waals surface area contributed by atoms with Crippen LogP contribution in [0.3, 0.4) is 0 Å². The van der Waals surface area contributed by atoms with Gasteiger partial charge in [-0.25, -0.2) is 9.97 Å². The predicted octanol–water partition coefficient (Wildman–Crippen LogP) is 2.78. The zero-order valence-corrected chi connectivity index (χ0v) is 15.7. The SMILES string of the molecule is Cc1cccc(C#CC2=NOC3(CCN(c4nc(C)ccc4[N+](=O)[O-])C3)C2)n1. The van der Waals surface area contributed by atoms with Crippen LogP contribution in [0.1, 0.15) is 29.9 Å². The number of nitrogens with zero attached hydrogens (tertiary/aromatic N) is 5. The van der Waals surface area contributed by atoms with E-state index in [0.29, 0.717) is 43.2 Å². The van der Waals surface area contributed by atoms with E-state index in [0.717, 1.165) is 11.4 Å². The summed E-state index contributed by atoms with van der Waals surface area (Å²) in [5.74, 6) is 6.44. The number of aryl methyl sites for hydroxylation is 2. The van der Waals surface area contributed by atoms with Gasteiger partial charge in [0, 0.05) is 36.8 Å². The van der Waals surface area contributed by atoms with Crippen LogP contribution in [-0.2, 0) is 4.84 Å². The number of aromatic nitrogens is 2. The zero-order valence-electron chi connectivity index (χ0n) is 15.7. The molecule has 2 aromatic rings. The van der Waals surface area contributed by atoms with Crippen LogP contribution in [-0.4, -0.2) is 39.3 Å². The topological polar surface area (TPSA) is 93.8 Å². The molecule has 1 atom stereocenters. The molecule has 2 aliphatic heterocycles. The molecule has 2 aliphatic rings. The van der Waals surface area contributed by atoms with Gasteiger partial charge in [0.2, 0.25) is 5.82 Å². The molecule has 0 amide bonds. The van der Waals surface area contributed by atoms with Crippen molar-refractivity contribution in [1.82, 2.24) is 9.97 Å². The van der Waals surface area contributed by atoms with E-state index in [1.807, 2.05) is 36.9 Å². The molecule has 4 heterocycles. The van der Waals surface area contributed by atoms with E-state index in [-0.39, 0.29) is 5.69 Å². The minimum atomic E-state index is -0.511. The maximum atomic E-state index is 11.4. The number of rotatable bonds is 2. The van der Waals surface area contributed by atoms with E-state index >= 15 is 0 Å². The Hall–Kier alpha value is -3.47. The van der Waals surface area contributed by atoms with Crippen LogP contribution < -0.4 is 4.90 Å². The summed E-state index contributed by atoms with van der Waals surface area (Å²) in [6.45, 7) is 4.85. The van der Waals surface area contributed by atoms with Crippen molar-refractivity contribution >= 4 is 17.2 Å². The first-order valence-corrected chi connectivity index (χ1v) is 9.02. The highest BCUT2D eigenvalue weighted by molar-refractivity contribution is 6.02. The Balaban J connectivity index is 1.49. The van der Waals surface area contributed by atoms with E-state index < -0.39 is 10.5 Å². The molecule has 28 heavy (non-hydrogen) atoms. The highest BCUT2D eigenvalue weighted by atomic mass is 16.7. The van der Waals surface area contributed by atoms with Gasteiger partial charge in [-0.05, 0) is 43.9 Å². The lowest BCUT2D eigenvalue weighted by molar-refractivity contribution is -0.384. The van der Waals surface area contributed by atoms with E-state index in [1.165, 1.54) is 6.07 Å². The van der Waals surface area contributed by atoms with Gasteiger partial charge in [-0.2, -0.15) is 0 Å². The summed E-state index contributed by atoms with van der Waals surface area (Å²) in [6.07, 6.45) is 1.28. The Morgan fingerprint density at radius 2 is 2.00 bits per heavy atom. The number of nitro groups is 1. The second-order valence-corrected chi connectivity index (χ2v) is 7.13. The molecular formula is C20H19N5O3. The summed E-state index contributed by atoms with van der Waals surface area (Å²) in [4.78, 5) is 27.3. The van der Waals surface area contributed by atoms with Crippen molar-refractivity contribution in [2.75, 3.05) is 18.0 Å². The highest BCUT2D eigenvalue weighted by Crippen LogP contribution is 2.38. The summed E-state index contributed by atoms with van der Waals surface area (Å²) >= 11 is 0. The van der Waals surface area contributed by atoms with Crippen LogP contribution in [0, 0.1) is 35.8 Å². The number of pyridine rings is 2. The fourth-order valence-electron chi connectivity index (χ4n) is 3.49. The average Bonchev–Trinajstić information content (AvgIpc) is 3.27. The molecule has 0 bridgehead atoms. The predicted molar refractivity (Wildman–Crippen MR) is 104 cm³/mol. The standard InChI is InChI=1S/C20H19N5O3/c1-14-4-3-5-16(21-14)7-8-17-12-20(28-23-17)10-11-24(13-20)19-18(25(26)27)9-6-15(2)22-19/h3-6,9H,10-13H2,1-2H3. The van der Waals surface area contributed by atoms with E-state index in [9.17, 15) is 10.1 Å². The van der Waals surface area contributed by atoms with E-state index in [1.54, 1.807) is 6.07 Å². The van der Waals surface area contributed by atoms with Crippen LogP contribution in [0.25, 0.3) is 0 Å². The van der Waals surface area contributed by atoms with Gasteiger partial charge in [0.05, 0.1) is 11.5 Å². The first-order valence-electron chi connectivity index (χ1n) is 9.02. The third kappa shape index (κ3) is 3.51. The molecular weight excluding hydrogens is 358 g/mol. The second-order valence-electron chi connectivity index (χ2n) is 7.13. The van der Waals surface area contributed by atoms with Gasteiger partial charge in [0.1, 0.15) is 11.4 Å². The minimum absolute atomic E-state index is 0.00658. The minimum Gasteiger partial charge on any atom is -0.386 e. The van der Waals surface area contributed by atoms with Crippen molar-refractivity contribution in [2.24, 2.45) is 5.16 Å². The van der Waals surface area contributed by atoms with Crippen LogP contribution in [0.2, 0.25) is 0 Å². The van der Waals surface area contributed by atoms with Crippen molar-refractivity contribution in [3.8, 4) is 11.8 Å². The molecule has 0 aromatic carbocycles. The smallest absolute Gasteiger partial charge is 0.311 e. The molecule has 8 nitrogen and oxygen atoms in total. The summed E-state index contributed by atoms with van der Waals surface area (Å²) in [6, 6.07) is 8.83. The van der Waals surface area contributed by atoms with Crippen molar-refractivity contribution in [1.29, 1.82) is 0 Å². The lowest BCUT2D eigenvalue weighted by atomic mass is 9.97. The van der Waals surface area contributed by atoms with Crippen LogP contribution >= 0.6 is 0 Å². The summed E-state index contributed by atoms with van der Waals surface area (Å²) in [7, 11) is 0. The van der Waals surface area contributed by atoms with Gasteiger partial charge in [-0.1, -0.05) is 11.2 Å². The molecule has 0 saturated carbocycles. The maximum absolute atomic E-state index is 11.4. The van der Waals surface area contributed by atoms with Crippen LogP contribution in [0.15, 0.2) is 35.5 Å². The van der Waals surface area contributed by atoms with Crippen molar-refractivity contribution in [2.45, 2.75) is 32.3 Å². The molecule has 0 N–H and O–H groups in total. The molecule has 0 radical (unpaired) electrons. The van der Waals surface area contributed by atoms with Gasteiger partial charge in [-0.3, -0.25) is 10.1 Å². The van der Waals surface area contributed by atoms with Crippen molar-refractivity contribution in [3.05, 3.63) is 57.5 Å². The Kier molecular flexibility index (Phi) is 4.43. The van der Waals surface area contributed by atoms with Crippen LogP contribution in [0.4, 0.5) is 11.5 Å². The molecule has 142 valence electrons. The zero-order chi connectivity index (χ0) is 19.7. The Morgan fingerprint density at radius 1 is 1.18 bits per heavy atom. The summed E-state index contributed by atoms with van der Waals surface area (Å²) in [5, 5.41) is 15.5. The summed E-state index contributed by atoms with van der Waals surface area (Å²) < 4.78 is 0. The maximum Gasteiger partial charge on any atom is 0.311 e. The first-order chi connectivity index (χ1) is 13.4. The number of hydrogen-bond donors (Lipinski definition) is 0. The van der Waals surface area contributed by atoms with E-state index in [4.69, 9.17) is 4.84 Å². The normalized spacial score (nSPS) is 20.5.